The standard InChI is InChI=1S/C8H13NO2.C2H6/c1-4-6-7-11-9(3)8(10)5-2;1-2/h4-5H,1-2,6-7H2,3H3;1-2H3. The maximum Gasteiger partial charge on any atom is 0.269 e. The molecule has 0 rings (SSSR count). The highest BCUT2D eigenvalue weighted by Crippen LogP contribution is 1.90. The number of rotatable bonds is 5. The molecule has 0 aromatic heterocycles. The predicted molar refractivity (Wildman–Crippen MR) is 55.1 cm³/mol. The predicted octanol–water partition coefficient (Wildman–Crippen LogP) is 2.16. The third-order valence-corrected chi connectivity index (χ3v) is 1.09. The Bertz CT molecular complexity index is 155. The summed E-state index contributed by atoms with van der Waals surface area (Å²) in [5.74, 6) is -0.242. The highest BCUT2D eigenvalue weighted by molar-refractivity contribution is 5.85. The fourth-order valence-electron chi connectivity index (χ4n) is 0.465. The van der Waals surface area contributed by atoms with E-state index in [-0.39, 0.29) is 5.91 Å². The molecule has 0 atom stereocenters. The highest BCUT2D eigenvalue weighted by Gasteiger charge is 2.01. The van der Waals surface area contributed by atoms with Crippen molar-refractivity contribution in [3.05, 3.63) is 25.3 Å². The Hall–Kier alpha value is -1.09. The van der Waals surface area contributed by atoms with Crippen LogP contribution in [-0.2, 0) is 9.63 Å². The SMILES string of the molecule is C=CCCON(C)C(=O)C=C.CC. The van der Waals surface area contributed by atoms with Crippen LogP contribution in [0.5, 0.6) is 0 Å². The molecule has 3 heteroatoms. The Balaban J connectivity index is 0. The first-order chi connectivity index (χ1) is 6.22. The van der Waals surface area contributed by atoms with Crippen molar-refractivity contribution in [2.75, 3.05) is 13.7 Å². The van der Waals surface area contributed by atoms with Crippen LogP contribution >= 0.6 is 0 Å². The first-order valence-electron chi connectivity index (χ1n) is 4.36. The molecular weight excluding hydrogens is 166 g/mol. The van der Waals surface area contributed by atoms with Gasteiger partial charge < -0.3 is 0 Å². The Morgan fingerprint density at radius 3 is 2.38 bits per heavy atom. The average molecular weight is 185 g/mol. The fraction of sp³-hybridized carbons (Fsp3) is 0.500. The van der Waals surface area contributed by atoms with E-state index in [0.29, 0.717) is 6.61 Å². The minimum absolute atomic E-state index is 0.242. The number of carbonyl (C=O) groups excluding carboxylic acids is 1. The summed E-state index contributed by atoms with van der Waals surface area (Å²) in [6.45, 7) is 11.3. The lowest BCUT2D eigenvalue weighted by Gasteiger charge is -2.13. The van der Waals surface area contributed by atoms with Gasteiger partial charge in [0.05, 0.1) is 6.61 Å². The second-order valence-corrected chi connectivity index (χ2v) is 1.95. The molecule has 0 radical (unpaired) electrons. The van der Waals surface area contributed by atoms with E-state index in [4.69, 9.17) is 4.84 Å². The number of nitrogens with zero attached hydrogens (tertiary/aromatic N) is 1. The van der Waals surface area contributed by atoms with Crippen molar-refractivity contribution in [3.8, 4) is 0 Å². The van der Waals surface area contributed by atoms with E-state index in [0.717, 1.165) is 11.5 Å². The molecule has 3 nitrogen and oxygen atoms in total. The van der Waals surface area contributed by atoms with Gasteiger partial charge in [-0.3, -0.25) is 9.63 Å². The molecule has 0 fully saturated rings. The van der Waals surface area contributed by atoms with E-state index in [1.165, 1.54) is 6.08 Å². The van der Waals surface area contributed by atoms with Crippen LogP contribution < -0.4 is 0 Å². The Morgan fingerprint density at radius 1 is 1.46 bits per heavy atom. The quantitative estimate of drug-likeness (QED) is 0.284. The van der Waals surface area contributed by atoms with Crippen molar-refractivity contribution < 1.29 is 9.63 Å². The molecule has 0 saturated carbocycles. The molecule has 0 bridgehead atoms. The largest absolute Gasteiger partial charge is 0.271 e. The Morgan fingerprint density at radius 2 is 2.00 bits per heavy atom. The van der Waals surface area contributed by atoms with Gasteiger partial charge in [-0.05, 0) is 12.5 Å². The smallest absolute Gasteiger partial charge is 0.269 e. The molecule has 76 valence electrons. The maximum atomic E-state index is 10.8. The molecule has 13 heavy (non-hydrogen) atoms. The summed E-state index contributed by atoms with van der Waals surface area (Å²) in [6, 6.07) is 0. The van der Waals surface area contributed by atoms with E-state index in [1.54, 1.807) is 13.1 Å². The zero-order valence-corrected chi connectivity index (χ0v) is 8.75. The first kappa shape index (κ1) is 14.4. The lowest BCUT2D eigenvalue weighted by Crippen LogP contribution is -2.25. The number of carbonyl (C=O) groups is 1. The fourth-order valence-corrected chi connectivity index (χ4v) is 0.465. The molecule has 0 saturated heterocycles. The third-order valence-electron chi connectivity index (χ3n) is 1.09. The third kappa shape index (κ3) is 8.82. The summed E-state index contributed by atoms with van der Waals surface area (Å²) in [4.78, 5) is 15.7. The lowest BCUT2D eigenvalue weighted by atomic mass is 10.5. The van der Waals surface area contributed by atoms with Gasteiger partial charge in [0.25, 0.3) is 5.91 Å². The molecule has 0 aromatic rings. The molecule has 0 heterocycles. The summed E-state index contributed by atoms with van der Waals surface area (Å²) < 4.78 is 0. The molecule has 0 aliphatic heterocycles. The molecule has 0 aliphatic carbocycles. The highest BCUT2D eigenvalue weighted by atomic mass is 16.7. The monoisotopic (exact) mass is 185 g/mol. The molecule has 0 unspecified atom stereocenters. The lowest BCUT2D eigenvalue weighted by molar-refractivity contribution is -0.171. The molecule has 1 amide bonds. The van der Waals surface area contributed by atoms with Gasteiger partial charge >= 0.3 is 0 Å². The summed E-state index contributed by atoms with van der Waals surface area (Å²) in [7, 11) is 1.55. The van der Waals surface area contributed by atoms with Crippen LogP contribution in [0.15, 0.2) is 25.3 Å². The zero-order valence-electron chi connectivity index (χ0n) is 8.75. The van der Waals surface area contributed by atoms with E-state index < -0.39 is 0 Å². The van der Waals surface area contributed by atoms with Gasteiger partial charge in [0.1, 0.15) is 0 Å². The minimum atomic E-state index is -0.242. The summed E-state index contributed by atoms with van der Waals surface area (Å²) in [5.41, 5.74) is 0. The van der Waals surface area contributed by atoms with Crippen LogP contribution in [0.1, 0.15) is 20.3 Å². The second kappa shape index (κ2) is 10.9. The topological polar surface area (TPSA) is 29.5 Å². The summed E-state index contributed by atoms with van der Waals surface area (Å²) >= 11 is 0. The Kier molecular flexibility index (Phi) is 12.1. The van der Waals surface area contributed by atoms with Crippen molar-refractivity contribution in [1.82, 2.24) is 5.06 Å². The summed E-state index contributed by atoms with van der Waals surface area (Å²) in [5, 5.41) is 1.15. The first-order valence-corrected chi connectivity index (χ1v) is 4.36. The number of hydrogen-bond acceptors (Lipinski definition) is 2. The van der Waals surface area contributed by atoms with Crippen LogP contribution in [0, 0.1) is 0 Å². The van der Waals surface area contributed by atoms with Gasteiger partial charge in [0.2, 0.25) is 0 Å². The van der Waals surface area contributed by atoms with Crippen molar-refractivity contribution in [2.45, 2.75) is 20.3 Å². The zero-order chi connectivity index (χ0) is 10.7. The maximum absolute atomic E-state index is 10.8. The van der Waals surface area contributed by atoms with Crippen LogP contribution in [0.2, 0.25) is 0 Å². The van der Waals surface area contributed by atoms with Crippen molar-refractivity contribution in [2.24, 2.45) is 0 Å². The minimum Gasteiger partial charge on any atom is -0.271 e. The van der Waals surface area contributed by atoms with Crippen LogP contribution in [-0.4, -0.2) is 24.6 Å². The molecule has 0 N–H and O–H groups in total. The van der Waals surface area contributed by atoms with E-state index in [9.17, 15) is 4.79 Å². The van der Waals surface area contributed by atoms with Crippen molar-refractivity contribution in [1.29, 1.82) is 0 Å². The molecule has 0 aromatic carbocycles. The average Bonchev–Trinajstić information content (AvgIpc) is 2.20. The molecular formula is C10H19NO2. The number of amides is 1. The van der Waals surface area contributed by atoms with Gasteiger partial charge in [-0.15, -0.1) is 6.58 Å². The van der Waals surface area contributed by atoms with Gasteiger partial charge in [-0.25, -0.2) is 5.06 Å². The number of hydroxylamine groups is 2. The number of hydrogen-bond donors (Lipinski definition) is 0. The van der Waals surface area contributed by atoms with Gasteiger partial charge in [0.15, 0.2) is 0 Å². The van der Waals surface area contributed by atoms with Crippen molar-refractivity contribution in [3.63, 3.8) is 0 Å². The van der Waals surface area contributed by atoms with Crippen LogP contribution in [0.3, 0.4) is 0 Å². The van der Waals surface area contributed by atoms with Crippen molar-refractivity contribution >= 4 is 5.91 Å². The van der Waals surface area contributed by atoms with Crippen LogP contribution in [0.4, 0.5) is 0 Å². The second-order valence-electron chi connectivity index (χ2n) is 1.95. The molecule has 0 aliphatic rings. The van der Waals surface area contributed by atoms with Gasteiger partial charge in [0, 0.05) is 7.05 Å². The molecule has 0 spiro atoms. The van der Waals surface area contributed by atoms with Gasteiger partial charge in [-0.2, -0.15) is 0 Å². The number of likely N-dealkylation sites (N-methyl/N-ethyl adjacent to an activating group) is 1. The Labute approximate surface area is 80.6 Å². The van der Waals surface area contributed by atoms with Crippen LogP contribution in [0.25, 0.3) is 0 Å². The van der Waals surface area contributed by atoms with E-state index in [1.807, 2.05) is 13.8 Å². The van der Waals surface area contributed by atoms with E-state index >= 15 is 0 Å². The summed E-state index contributed by atoms with van der Waals surface area (Å²) in [6.07, 6.45) is 3.66. The normalized spacial score (nSPS) is 7.92. The van der Waals surface area contributed by atoms with Gasteiger partial charge in [-0.1, -0.05) is 26.5 Å². The van der Waals surface area contributed by atoms with E-state index in [2.05, 4.69) is 13.2 Å².